The summed E-state index contributed by atoms with van der Waals surface area (Å²) < 4.78 is 0. The molecule has 1 aliphatic heterocycles. The summed E-state index contributed by atoms with van der Waals surface area (Å²) in [5.41, 5.74) is 1.13. The van der Waals surface area contributed by atoms with Crippen LogP contribution in [-0.4, -0.2) is 59.1 Å². The van der Waals surface area contributed by atoms with E-state index in [0.29, 0.717) is 0 Å². The molecule has 1 aromatic carbocycles. The van der Waals surface area contributed by atoms with Gasteiger partial charge in [-0.1, -0.05) is 17.7 Å². The van der Waals surface area contributed by atoms with E-state index in [0.717, 1.165) is 36.9 Å². The fourth-order valence-corrected chi connectivity index (χ4v) is 2.14. The summed E-state index contributed by atoms with van der Waals surface area (Å²) >= 11 is 5.95. The molecule has 0 radical (unpaired) electrons. The van der Waals surface area contributed by atoms with E-state index in [1.165, 1.54) is 0 Å². The minimum absolute atomic E-state index is 0.158. The van der Waals surface area contributed by atoms with Crippen LogP contribution in [0.4, 0.5) is 5.69 Å². The summed E-state index contributed by atoms with van der Waals surface area (Å²) in [4.78, 5) is 33.5. The van der Waals surface area contributed by atoms with E-state index >= 15 is 0 Å². The Labute approximate surface area is 132 Å². The lowest BCUT2D eigenvalue weighted by molar-refractivity contribution is -0.159. The molecule has 1 saturated heterocycles. The normalized spacial score (nSPS) is 13.9. The van der Waals surface area contributed by atoms with Crippen LogP contribution in [-0.2, 0) is 14.4 Å². The smallest absolute Gasteiger partial charge is 0.414 e. The molecule has 8 heteroatoms. The van der Waals surface area contributed by atoms with Gasteiger partial charge in [0, 0.05) is 43.8 Å². The fraction of sp³-hybridized carbons (Fsp3) is 0.357. The van der Waals surface area contributed by atoms with Gasteiger partial charge in [0.15, 0.2) is 0 Å². The molecule has 7 nitrogen and oxygen atoms in total. The van der Waals surface area contributed by atoms with Gasteiger partial charge in [-0.05, 0) is 18.2 Å². The van der Waals surface area contributed by atoms with Crippen LogP contribution in [0.2, 0.25) is 5.02 Å². The van der Waals surface area contributed by atoms with Crippen molar-refractivity contribution in [1.29, 1.82) is 0 Å². The number of carboxylic acid groups (broad SMARTS) is 2. The summed E-state index contributed by atoms with van der Waals surface area (Å²) in [5.74, 6) is -3.49. The van der Waals surface area contributed by atoms with E-state index in [-0.39, 0.29) is 5.91 Å². The highest BCUT2D eigenvalue weighted by atomic mass is 35.5. The molecule has 120 valence electrons. The molecule has 0 aliphatic carbocycles. The molecule has 0 bridgehead atoms. The molecule has 1 aromatic rings. The van der Waals surface area contributed by atoms with Gasteiger partial charge in [0.25, 0.3) is 0 Å². The maximum Gasteiger partial charge on any atom is 0.414 e. The Kier molecular flexibility index (Phi) is 6.65. The first kappa shape index (κ1) is 17.8. The van der Waals surface area contributed by atoms with E-state index in [9.17, 15) is 4.79 Å². The highest BCUT2D eigenvalue weighted by Gasteiger charge is 2.18. The van der Waals surface area contributed by atoms with Gasteiger partial charge in [-0.25, -0.2) is 9.59 Å². The number of anilines is 1. The third kappa shape index (κ3) is 5.61. The second-order valence-electron chi connectivity index (χ2n) is 4.58. The van der Waals surface area contributed by atoms with Crippen molar-refractivity contribution in [2.45, 2.75) is 6.92 Å². The van der Waals surface area contributed by atoms with Crippen molar-refractivity contribution in [3.63, 3.8) is 0 Å². The van der Waals surface area contributed by atoms with Crippen molar-refractivity contribution >= 4 is 35.1 Å². The van der Waals surface area contributed by atoms with E-state index in [1.54, 1.807) is 6.92 Å². The molecule has 2 N–H and O–H groups in total. The van der Waals surface area contributed by atoms with Gasteiger partial charge in [0.1, 0.15) is 0 Å². The first-order chi connectivity index (χ1) is 10.3. The standard InChI is InChI=1S/C12H15ClN2O.C2H2O4/c1-10(16)14-5-7-15(8-6-14)12-4-2-3-11(13)9-12;3-1(4)2(5)6/h2-4,9H,5-8H2,1H3;(H,3,4)(H,5,6). The van der Waals surface area contributed by atoms with Crippen molar-refractivity contribution in [2.24, 2.45) is 0 Å². The van der Waals surface area contributed by atoms with Crippen molar-refractivity contribution in [1.82, 2.24) is 4.90 Å². The molecular formula is C14H17ClN2O5. The molecule has 0 spiro atoms. The number of benzene rings is 1. The zero-order chi connectivity index (χ0) is 16.7. The Morgan fingerprint density at radius 2 is 1.59 bits per heavy atom. The molecule has 2 rings (SSSR count). The monoisotopic (exact) mass is 328 g/mol. The maximum atomic E-state index is 11.2. The molecular weight excluding hydrogens is 312 g/mol. The average Bonchev–Trinajstić information content (AvgIpc) is 2.48. The zero-order valence-corrected chi connectivity index (χ0v) is 12.8. The number of hydrogen-bond acceptors (Lipinski definition) is 4. The van der Waals surface area contributed by atoms with E-state index in [4.69, 9.17) is 31.4 Å². The molecule has 1 aliphatic rings. The third-order valence-electron chi connectivity index (χ3n) is 3.08. The van der Waals surface area contributed by atoms with Crippen molar-refractivity contribution in [3.8, 4) is 0 Å². The van der Waals surface area contributed by atoms with Crippen molar-refractivity contribution in [2.75, 3.05) is 31.1 Å². The molecule has 0 unspecified atom stereocenters. The van der Waals surface area contributed by atoms with Gasteiger partial charge in [0.05, 0.1) is 0 Å². The van der Waals surface area contributed by atoms with Crippen LogP contribution >= 0.6 is 11.6 Å². The number of amides is 1. The lowest BCUT2D eigenvalue weighted by Crippen LogP contribution is -2.48. The van der Waals surface area contributed by atoms with Gasteiger partial charge in [-0.2, -0.15) is 0 Å². The van der Waals surface area contributed by atoms with E-state index in [1.807, 2.05) is 23.1 Å². The highest BCUT2D eigenvalue weighted by molar-refractivity contribution is 6.30. The molecule has 0 aromatic heterocycles. The fourth-order valence-electron chi connectivity index (χ4n) is 1.95. The number of hydrogen-bond donors (Lipinski definition) is 2. The minimum Gasteiger partial charge on any atom is -0.473 e. The lowest BCUT2D eigenvalue weighted by Gasteiger charge is -2.35. The number of piperazine rings is 1. The van der Waals surface area contributed by atoms with E-state index in [2.05, 4.69) is 11.0 Å². The SMILES string of the molecule is CC(=O)N1CCN(c2cccc(Cl)c2)CC1.O=C(O)C(=O)O. The first-order valence-electron chi connectivity index (χ1n) is 6.53. The summed E-state index contributed by atoms with van der Waals surface area (Å²) in [6, 6.07) is 7.84. The Bertz CT molecular complexity index is 544. The summed E-state index contributed by atoms with van der Waals surface area (Å²) in [6.07, 6.45) is 0. The van der Waals surface area contributed by atoms with Gasteiger partial charge < -0.3 is 20.0 Å². The number of nitrogens with zero attached hydrogens (tertiary/aromatic N) is 2. The number of carbonyl (C=O) groups excluding carboxylic acids is 1. The second kappa shape index (κ2) is 8.23. The number of carboxylic acids is 2. The van der Waals surface area contributed by atoms with Crippen LogP contribution < -0.4 is 4.90 Å². The summed E-state index contributed by atoms with van der Waals surface area (Å²) in [5, 5.41) is 15.5. The van der Waals surface area contributed by atoms with Crippen LogP contribution in [0.1, 0.15) is 6.92 Å². The van der Waals surface area contributed by atoms with Gasteiger partial charge in [-0.3, -0.25) is 4.79 Å². The number of halogens is 1. The summed E-state index contributed by atoms with van der Waals surface area (Å²) in [7, 11) is 0. The quantitative estimate of drug-likeness (QED) is 0.751. The average molecular weight is 329 g/mol. The number of aliphatic carboxylic acids is 2. The topological polar surface area (TPSA) is 98.2 Å². The van der Waals surface area contributed by atoms with Crippen LogP contribution in [0, 0.1) is 0 Å². The van der Waals surface area contributed by atoms with Crippen molar-refractivity contribution < 1.29 is 24.6 Å². The zero-order valence-electron chi connectivity index (χ0n) is 12.0. The van der Waals surface area contributed by atoms with Crippen LogP contribution in [0.3, 0.4) is 0 Å². The van der Waals surface area contributed by atoms with E-state index < -0.39 is 11.9 Å². The first-order valence-corrected chi connectivity index (χ1v) is 6.91. The maximum absolute atomic E-state index is 11.2. The lowest BCUT2D eigenvalue weighted by atomic mass is 10.2. The molecule has 0 atom stereocenters. The Balaban J connectivity index is 0.000000346. The Morgan fingerprint density at radius 3 is 2.00 bits per heavy atom. The predicted octanol–water partition coefficient (Wildman–Crippen LogP) is 1.16. The molecule has 1 fully saturated rings. The van der Waals surface area contributed by atoms with Crippen LogP contribution in [0.5, 0.6) is 0 Å². The molecule has 22 heavy (non-hydrogen) atoms. The molecule has 1 heterocycles. The van der Waals surface area contributed by atoms with Gasteiger partial charge >= 0.3 is 11.9 Å². The van der Waals surface area contributed by atoms with Gasteiger partial charge in [0.2, 0.25) is 5.91 Å². The number of carbonyl (C=O) groups is 3. The Morgan fingerprint density at radius 1 is 1.05 bits per heavy atom. The number of rotatable bonds is 1. The molecule has 0 saturated carbocycles. The predicted molar refractivity (Wildman–Crippen MR) is 81.2 cm³/mol. The second-order valence-corrected chi connectivity index (χ2v) is 5.02. The van der Waals surface area contributed by atoms with Crippen molar-refractivity contribution in [3.05, 3.63) is 29.3 Å². The van der Waals surface area contributed by atoms with Crippen LogP contribution in [0.15, 0.2) is 24.3 Å². The Hall–Kier alpha value is -2.28. The van der Waals surface area contributed by atoms with Crippen LogP contribution in [0.25, 0.3) is 0 Å². The summed E-state index contributed by atoms with van der Waals surface area (Å²) in [6.45, 7) is 4.96. The van der Waals surface area contributed by atoms with Gasteiger partial charge in [-0.15, -0.1) is 0 Å². The molecule has 1 amide bonds. The largest absolute Gasteiger partial charge is 0.473 e. The third-order valence-corrected chi connectivity index (χ3v) is 3.32. The minimum atomic E-state index is -1.82. The highest BCUT2D eigenvalue weighted by Crippen LogP contribution is 2.20.